The molecule has 0 saturated heterocycles. The maximum Gasteiger partial charge on any atom is 0.256 e. The van der Waals surface area contributed by atoms with Crippen molar-refractivity contribution in [3.05, 3.63) is 65.7 Å². The van der Waals surface area contributed by atoms with E-state index in [4.69, 9.17) is 4.98 Å². The molecule has 5 nitrogen and oxygen atoms in total. The van der Waals surface area contributed by atoms with Crippen LogP contribution in [0.1, 0.15) is 43.6 Å². The number of benzene rings is 2. The van der Waals surface area contributed by atoms with Crippen LogP contribution < -0.4 is 5.32 Å². The highest BCUT2D eigenvalue weighted by Gasteiger charge is 2.17. The van der Waals surface area contributed by atoms with Crippen molar-refractivity contribution in [1.29, 1.82) is 0 Å². The number of hydrogen-bond donors (Lipinski definition) is 1. The molecule has 4 rings (SSSR count). The van der Waals surface area contributed by atoms with E-state index in [0.29, 0.717) is 17.9 Å². The first-order valence-corrected chi connectivity index (χ1v) is 9.55. The van der Waals surface area contributed by atoms with Crippen LogP contribution in [0.3, 0.4) is 0 Å². The van der Waals surface area contributed by atoms with Crippen molar-refractivity contribution in [3.8, 4) is 0 Å². The third-order valence-corrected chi connectivity index (χ3v) is 4.97. The highest BCUT2D eigenvalue weighted by atomic mass is 16.1. The van der Waals surface area contributed by atoms with Crippen molar-refractivity contribution >= 4 is 33.7 Å². The second-order valence-corrected chi connectivity index (χ2v) is 8.00. The zero-order chi connectivity index (χ0) is 19.9. The summed E-state index contributed by atoms with van der Waals surface area (Å²) in [6, 6.07) is 17.7. The molecule has 0 saturated carbocycles. The van der Waals surface area contributed by atoms with Crippen LogP contribution in [-0.4, -0.2) is 20.7 Å². The third-order valence-electron chi connectivity index (χ3n) is 4.97. The van der Waals surface area contributed by atoms with Gasteiger partial charge in [-0.25, -0.2) is 9.67 Å². The molecule has 0 radical (unpaired) electrons. The molecular formula is C23H24N4O. The van der Waals surface area contributed by atoms with E-state index in [0.717, 1.165) is 21.9 Å². The van der Waals surface area contributed by atoms with Crippen LogP contribution >= 0.6 is 0 Å². The Morgan fingerprint density at radius 2 is 1.79 bits per heavy atom. The van der Waals surface area contributed by atoms with Gasteiger partial charge >= 0.3 is 0 Å². The molecule has 0 bridgehead atoms. The fourth-order valence-electron chi connectivity index (χ4n) is 3.31. The summed E-state index contributed by atoms with van der Waals surface area (Å²) in [6.45, 7) is 9.16. The van der Waals surface area contributed by atoms with Crippen LogP contribution in [0.15, 0.2) is 54.6 Å². The maximum atomic E-state index is 12.8. The molecule has 2 heterocycles. The molecule has 0 unspecified atom stereocenters. The number of aromatic nitrogens is 3. The van der Waals surface area contributed by atoms with E-state index in [9.17, 15) is 4.79 Å². The van der Waals surface area contributed by atoms with Crippen LogP contribution in [0.2, 0.25) is 0 Å². The van der Waals surface area contributed by atoms with Gasteiger partial charge in [0, 0.05) is 17.5 Å². The minimum absolute atomic E-state index is 0.0534. The van der Waals surface area contributed by atoms with Gasteiger partial charge in [0.2, 0.25) is 0 Å². The van der Waals surface area contributed by atoms with Crippen molar-refractivity contribution < 1.29 is 4.79 Å². The molecule has 0 aliphatic heterocycles. The number of carbonyl (C=O) groups is 1. The zero-order valence-electron chi connectivity index (χ0n) is 16.7. The number of amides is 1. The lowest BCUT2D eigenvalue weighted by Crippen LogP contribution is -2.15. The van der Waals surface area contributed by atoms with Crippen LogP contribution in [0, 0.1) is 0 Å². The topological polar surface area (TPSA) is 59.8 Å². The molecule has 0 fully saturated rings. The molecule has 2 aromatic carbocycles. The van der Waals surface area contributed by atoms with E-state index >= 15 is 0 Å². The molecule has 0 aliphatic rings. The lowest BCUT2D eigenvalue weighted by atomic mass is 9.87. The molecular weight excluding hydrogens is 348 g/mol. The Hall–Kier alpha value is -3.21. The predicted molar refractivity (Wildman–Crippen MR) is 114 cm³/mol. The summed E-state index contributed by atoms with van der Waals surface area (Å²) in [6.07, 6.45) is 0. The number of rotatable bonds is 3. The molecule has 142 valence electrons. The molecule has 1 N–H and O–H groups in total. The van der Waals surface area contributed by atoms with E-state index in [2.05, 4.69) is 31.2 Å². The fourth-order valence-corrected chi connectivity index (χ4v) is 3.31. The molecule has 0 aliphatic carbocycles. The Morgan fingerprint density at radius 1 is 1.07 bits per heavy atom. The smallest absolute Gasteiger partial charge is 0.256 e. The van der Waals surface area contributed by atoms with Gasteiger partial charge in [0.05, 0.1) is 10.9 Å². The fraction of sp³-hybridized carbons (Fsp3) is 0.261. The second kappa shape index (κ2) is 6.75. The first-order valence-electron chi connectivity index (χ1n) is 9.55. The van der Waals surface area contributed by atoms with Crippen LogP contribution in [0.4, 0.5) is 5.82 Å². The number of anilines is 1. The van der Waals surface area contributed by atoms with Gasteiger partial charge in [0.1, 0.15) is 0 Å². The maximum absolute atomic E-state index is 12.8. The number of carbonyl (C=O) groups excluding carboxylic acids is 1. The summed E-state index contributed by atoms with van der Waals surface area (Å²) < 4.78 is 1.82. The second-order valence-electron chi connectivity index (χ2n) is 8.00. The summed E-state index contributed by atoms with van der Waals surface area (Å²) in [5, 5.41) is 9.41. The van der Waals surface area contributed by atoms with Crippen LogP contribution in [-0.2, 0) is 12.0 Å². The van der Waals surface area contributed by atoms with Gasteiger partial charge < -0.3 is 5.32 Å². The zero-order valence-corrected chi connectivity index (χ0v) is 16.7. The standard InChI is InChI=1S/C23H24N4O/c1-5-27-21-18(14-16-8-6-7-9-19(16)24-21)20(26-27)25-22(28)15-10-12-17(13-11-15)23(2,3)4/h6-14H,5H2,1-4H3,(H,25,26,28). The quantitative estimate of drug-likeness (QED) is 0.541. The number of hydrogen-bond acceptors (Lipinski definition) is 3. The summed E-state index contributed by atoms with van der Waals surface area (Å²) in [7, 11) is 0. The number of pyridine rings is 1. The van der Waals surface area contributed by atoms with Gasteiger partial charge in [0.15, 0.2) is 11.5 Å². The number of nitrogens with one attached hydrogen (secondary N) is 1. The summed E-state index contributed by atoms with van der Waals surface area (Å²) in [4.78, 5) is 17.5. The largest absolute Gasteiger partial charge is 0.305 e. The minimum Gasteiger partial charge on any atom is -0.305 e. The number of aryl methyl sites for hydroxylation is 1. The summed E-state index contributed by atoms with van der Waals surface area (Å²) >= 11 is 0. The summed E-state index contributed by atoms with van der Waals surface area (Å²) in [5.74, 6) is 0.372. The number of para-hydroxylation sites is 1. The Kier molecular flexibility index (Phi) is 4.38. The Labute approximate surface area is 164 Å². The monoisotopic (exact) mass is 372 g/mol. The van der Waals surface area contributed by atoms with Gasteiger partial charge in [-0.1, -0.05) is 51.1 Å². The van der Waals surface area contributed by atoms with Crippen LogP contribution in [0.25, 0.3) is 21.9 Å². The van der Waals surface area contributed by atoms with Gasteiger partial charge in [0.25, 0.3) is 5.91 Å². The molecule has 1 amide bonds. The Morgan fingerprint density at radius 3 is 2.46 bits per heavy atom. The van der Waals surface area contributed by atoms with Crippen molar-refractivity contribution in [2.24, 2.45) is 0 Å². The summed E-state index contributed by atoms with van der Waals surface area (Å²) in [5.41, 5.74) is 3.55. The van der Waals surface area contributed by atoms with E-state index in [1.807, 2.05) is 66.2 Å². The lowest BCUT2D eigenvalue weighted by Gasteiger charge is -2.18. The average molecular weight is 372 g/mol. The van der Waals surface area contributed by atoms with Gasteiger partial charge in [-0.3, -0.25) is 4.79 Å². The lowest BCUT2D eigenvalue weighted by molar-refractivity contribution is 0.102. The third kappa shape index (κ3) is 3.24. The SMILES string of the molecule is CCn1nc(NC(=O)c2ccc(C(C)(C)C)cc2)c2cc3ccccc3nc21. The van der Waals surface area contributed by atoms with E-state index in [1.165, 1.54) is 5.56 Å². The minimum atomic E-state index is -0.170. The molecule has 4 aromatic rings. The first-order chi connectivity index (χ1) is 13.4. The van der Waals surface area contributed by atoms with E-state index in [1.54, 1.807) is 0 Å². The van der Waals surface area contributed by atoms with Gasteiger partial charge in [-0.2, -0.15) is 5.10 Å². The molecule has 28 heavy (non-hydrogen) atoms. The van der Waals surface area contributed by atoms with Gasteiger partial charge in [-0.05, 0) is 42.2 Å². The highest BCUT2D eigenvalue weighted by molar-refractivity contribution is 6.08. The van der Waals surface area contributed by atoms with Crippen molar-refractivity contribution in [2.45, 2.75) is 39.7 Å². The Balaban J connectivity index is 1.71. The van der Waals surface area contributed by atoms with Crippen molar-refractivity contribution in [3.63, 3.8) is 0 Å². The van der Waals surface area contributed by atoms with Crippen molar-refractivity contribution in [1.82, 2.24) is 14.8 Å². The molecule has 0 spiro atoms. The van der Waals surface area contributed by atoms with E-state index in [-0.39, 0.29) is 11.3 Å². The highest BCUT2D eigenvalue weighted by Crippen LogP contribution is 2.27. The van der Waals surface area contributed by atoms with Gasteiger partial charge in [-0.15, -0.1) is 0 Å². The molecule has 2 aromatic heterocycles. The molecule has 0 atom stereocenters. The number of nitrogens with zero attached hydrogens (tertiary/aromatic N) is 3. The first kappa shape index (κ1) is 18.2. The van der Waals surface area contributed by atoms with Crippen LogP contribution in [0.5, 0.6) is 0 Å². The van der Waals surface area contributed by atoms with Crippen molar-refractivity contribution in [2.75, 3.05) is 5.32 Å². The number of fused-ring (bicyclic) bond motifs is 2. The average Bonchev–Trinajstić information content (AvgIpc) is 3.02. The molecule has 5 heteroatoms. The van der Waals surface area contributed by atoms with E-state index < -0.39 is 0 Å². The normalized spacial score (nSPS) is 11.9. The Bertz CT molecular complexity index is 1170. The predicted octanol–water partition coefficient (Wildman–Crippen LogP) is 5.15.